The Bertz CT molecular complexity index is 810. The third-order valence-corrected chi connectivity index (χ3v) is 3.89. The van der Waals surface area contributed by atoms with E-state index in [4.69, 9.17) is 9.84 Å². The first-order chi connectivity index (χ1) is 11.9. The summed E-state index contributed by atoms with van der Waals surface area (Å²) in [4.78, 5) is 33.2. The largest absolute Gasteiger partial charge is 0.481 e. The van der Waals surface area contributed by atoms with Gasteiger partial charge in [-0.15, -0.1) is 0 Å². The lowest BCUT2D eigenvalue weighted by atomic mass is 10.1. The maximum Gasteiger partial charge on any atom is 0.412 e. The molecule has 0 radical (unpaired) electrons. The minimum absolute atomic E-state index is 0.00101. The van der Waals surface area contributed by atoms with E-state index >= 15 is 0 Å². The predicted molar refractivity (Wildman–Crippen MR) is 92.4 cm³/mol. The Morgan fingerprint density at radius 2 is 1.92 bits per heavy atom. The van der Waals surface area contributed by atoms with Gasteiger partial charge in [0.2, 0.25) is 0 Å². The lowest BCUT2D eigenvalue weighted by Crippen LogP contribution is -2.15. The zero-order valence-electron chi connectivity index (χ0n) is 12.8. The van der Waals surface area contributed by atoms with Crippen LogP contribution in [0.5, 0.6) is 0 Å². The molecule has 0 aliphatic heterocycles. The highest BCUT2D eigenvalue weighted by Crippen LogP contribution is 2.32. The zero-order chi connectivity index (χ0) is 18.4. The molecule has 25 heavy (non-hydrogen) atoms. The van der Waals surface area contributed by atoms with Crippen molar-refractivity contribution in [3.05, 3.63) is 68.2 Å². The second-order valence-electron chi connectivity index (χ2n) is 4.98. The molecule has 0 aliphatic rings. The Morgan fingerprint density at radius 1 is 1.24 bits per heavy atom. The van der Waals surface area contributed by atoms with Crippen LogP contribution in [0, 0.1) is 10.1 Å². The van der Waals surface area contributed by atoms with Gasteiger partial charge in [0, 0.05) is 10.5 Å². The summed E-state index contributed by atoms with van der Waals surface area (Å²) in [6.45, 7) is -0.00101. The van der Waals surface area contributed by atoms with Crippen LogP contribution in [0.4, 0.5) is 16.2 Å². The van der Waals surface area contributed by atoms with Gasteiger partial charge in [-0.2, -0.15) is 0 Å². The highest BCUT2D eigenvalue weighted by Gasteiger charge is 2.20. The molecule has 0 unspecified atom stereocenters. The highest BCUT2D eigenvalue weighted by atomic mass is 79.9. The van der Waals surface area contributed by atoms with E-state index in [-0.39, 0.29) is 34.4 Å². The van der Waals surface area contributed by atoms with Crippen molar-refractivity contribution in [2.45, 2.75) is 13.0 Å². The van der Waals surface area contributed by atoms with E-state index in [2.05, 4.69) is 21.2 Å². The fraction of sp³-hybridized carbons (Fsp3) is 0.125. The summed E-state index contributed by atoms with van der Waals surface area (Å²) in [5, 5.41) is 22.3. The van der Waals surface area contributed by atoms with E-state index in [1.807, 2.05) is 6.07 Å². The van der Waals surface area contributed by atoms with Crippen LogP contribution in [0.15, 0.2) is 46.9 Å². The predicted octanol–water partition coefficient (Wildman–Crippen LogP) is 3.73. The summed E-state index contributed by atoms with van der Waals surface area (Å²) < 4.78 is 5.29. The summed E-state index contributed by atoms with van der Waals surface area (Å²) in [5.41, 5.74) is 0.533. The van der Waals surface area contributed by atoms with E-state index in [9.17, 15) is 19.7 Å². The maximum absolute atomic E-state index is 11.9. The number of aliphatic carboxylic acids is 1. The number of halogens is 1. The van der Waals surface area contributed by atoms with Gasteiger partial charge in [0.15, 0.2) is 0 Å². The van der Waals surface area contributed by atoms with Crippen molar-refractivity contribution in [2.75, 3.05) is 5.32 Å². The number of amides is 1. The molecular formula is C16H13BrN2O6. The molecule has 0 aromatic heterocycles. The van der Waals surface area contributed by atoms with Crippen LogP contribution in [0.3, 0.4) is 0 Å². The number of benzene rings is 2. The van der Waals surface area contributed by atoms with Gasteiger partial charge in [0.05, 0.1) is 11.3 Å². The summed E-state index contributed by atoms with van der Waals surface area (Å²) in [7, 11) is 0. The Hall–Kier alpha value is -2.94. The molecule has 2 rings (SSSR count). The second kappa shape index (κ2) is 8.25. The topological polar surface area (TPSA) is 119 Å². The number of hydrogen-bond donors (Lipinski definition) is 2. The number of carboxylic acids is 1. The van der Waals surface area contributed by atoms with Crippen molar-refractivity contribution in [3.63, 3.8) is 0 Å². The molecule has 0 saturated heterocycles. The number of hydrogen-bond acceptors (Lipinski definition) is 5. The van der Waals surface area contributed by atoms with Gasteiger partial charge in [-0.1, -0.05) is 46.3 Å². The lowest BCUT2D eigenvalue weighted by Gasteiger charge is -2.10. The molecule has 0 aliphatic carbocycles. The maximum atomic E-state index is 11.9. The first kappa shape index (κ1) is 18.4. The lowest BCUT2D eigenvalue weighted by molar-refractivity contribution is -0.384. The number of nitrogens with zero attached hydrogens (tertiary/aromatic N) is 1. The molecule has 0 atom stereocenters. The first-order valence-electron chi connectivity index (χ1n) is 7.03. The van der Waals surface area contributed by atoms with E-state index in [1.165, 1.54) is 6.07 Å². The average Bonchev–Trinajstić information content (AvgIpc) is 2.56. The Kier molecular flexibility index (Phi) is 6.07. The van der Waals surface area contributed by atoms with Crippen LogP contribution in [-0.4, -0.2) is 22.1 Å². The van der Waals surface area contributed by atoms with Crippen LogP contribution >= 0.6 is 15.9 Å². The number of carbonyl (C=O) groups is 2. The Labute approximate surface area is 150 Å². The number of rotatable bonds is 6. The Balaban J connectivity index is 2.16. The normalized spacial score (nSPS) is 10.1. The molecule has 1 amide bonds. The molecule has 0 saturated carbocycles. The smallest absolute Gasteiger partial charge is 0.412 e. The minimum atomic E-state index is -1.10. The number of anilines is 1. The van der Waals surface area contributed by atoms with Gasteiger partial charge in [0.1, 0.15) is 12.3 Å². The molecule has 2 aromatic rings. The summed E-state index contributed by atoms with van der Waals surface area (Å²) in [6.07, 6.45) is -1.23. The van der Waals surface area contributed by atoms with Crippen LogP contribution in [0.2, 0.25) is 0 Å². The summed E-state index contributed by atoms with van der Waals surface area (Å²) in [6, 6.07) is 11.3. The molecule has 0 fully saturated rings. The van der Waals surface area contributed by atoms with Gasteiger partial charge >= 0.3 is 12.1 Å². The SMILES string of the molecule is O=C(O)Cc1cc(NC(=O)OCc2ccccc2)c([N+](=O)[O-])cc1Br. The average molecular weight is 409 g/mol. The fourth-order valence-electron chi connectivity index (χ4n) is 2.03. The van der Waals surface area contributed by atoms with Crippen LogP contribution in [0.25, 0.3) is 0 Å². The first-order valence-corrected chi connectivity index (χ1v) is 7.82. The van der Waals surface area contributed by atoms with Crippen LogP contribution < -0.4 is 5.32 Å². The molecule has 0 spiro atoms. The summed E-state index contributed by atoms with van der Waals surface area (Å²) in [5.74, 6) is -1.10. The van der Waals surface area contributed by atoms with Gasteiger partial charge in [0.25, 0.3) is 5.69 Å². The van der Waals surface area contributed by atoms with Gasteiger partial charge in [-0.25, -0.2) is 4.79 Å². The van der Waals surface area contributed by atoms with E-state index in [1.54, 1.807) is 24.3 Å². The van der Waals surface area contributed by atoms with E-state index < -0.39 is 17.0 Å². The van der Waals surface area contributed by atoms with Crippen molar-refractivity contribution in [1.82, 2.24) is 0 Å². The summed E-state index contributed by atoms with van der Waals surface area (Å²) >= 11 is 3.09. The molecule has 0 heterocycles. The Morgan fingerprint density at radius 3 is 2.52 bits per heavy atom. The van der Waals surface area contributed by atoms with Crippen molar-refractivity contribution < 1.29 is 24.4 Å². The molecule has 8 nitrogen and oxygen atoms in total. The number of nitro benzene ring substituents is 1. The second-order valence-corrected chi connectivity index (χ2v) is 5.83. The minimum Gasteiger partial charge on any atom is -0.481 e. The van der Waals surface area contributed by atoms with Gasteiger partial charge in [-0.05, 0) is 17.2 Å². The molecule has 2 N–H and O–H groups in total. The van der Waals surface area contributed by atoms with Crippen molar-refractivity contribution >= 4 is 39.4 Å². The molecular weight excluding hydrogens is 396 g/mol. The van der Waals surface area contributed by atoms with Gasteiger partial charge in [-0.3, -0.25) is 20.2 Å². The number of nitrogens with one attached hydrogen (secondary N) is 1. The van der Waals surface area contributed by atoms with Crippen LogP contribution in [0.1, 0.15) is 11.1 Å². The third kappa shape index (κ3) is 5.28. The van der Waals surface area contributed by atoms with E-state index in [0.717, 1.165) is 11.6 Å². The number of carbonyl (C=O) groups excluding carboxylic acids is 1. The molecule has 2 aromatic carbocycles. The fourth-order valence-corrected chi connectivity index (χ4v) is 2.50. The van der Waals surface area contributed by atoms with Crippen molar-refractivity contribution in [2.24, 2.45) is 0 Å². The number of carboxylic acid groups (broad SMARTS) is 1. The number of nitro groups is 1. The molecule has 130 valence electrons. The molecule has 0 bridgehead atoms. The monoisotopic (exact) mass is 408 g/mol. The molecule has 9 heteroatoms. The van der Waals surface area contributed by atoms with Crippen molar-refractivity contribution in [1.29, 1.82) is 0 Å². The van der Waals surface area contributed by atoms with Crippen LogP contribution in [-0.2, 0) is 22.6 Å². The number of ether oxygens (including phenoxy) is 1. The quantitative estimate of drug-likeness (QED) is 0.554. The third-order valence-electron chi connectivity index (χ3n) is 3.15. The standard InChI is InChI=1S/C16H13BrN2O6/c17-12-8-14(19(23)24)13(6-11(12)7-15(20)21)18-16(22)25-9-10-4-2-1-3-5-10/h1-6,8H,7,9H2,(H,18,22)(H,20,21). The highest BCUT2D eigenvalue weighted by molar-refractivity contribution is 9.10. The van der Waals surface area contributed by atoms with Gasteiger partial charge < -0.3 is 9.84 Å². The zero-order valence-corrected chi connectivity index (χ0v) is 14.4. The van der Waals surface area contributed by atoms with Crippen molar-refractivity contribution in [3.8, 4) is 0 Å². The van der Waals surface area contributed by atoms with E-state index in [0.29, 0.717) is 0 Å².